The number of nitrogens with one attached hydrogen (secondary N) is 1. The van der Waals surface area contributed by atoms with E-state index >= 15 is 0 Å². The van der Waals surface area contributed by atoms with Crippen LogP contribution in [0.1, 0.15) is 24.2 Å². The fraction of sp³-hybridized carbons (Fsp3) is 0.381. The predicted molar refractivity (Wildman–Crippen MR) is 119 cm³/mol. The highest BCUT2D eigenvalue weighted by atomic mass is 35.5. The van der Waals surface area contributed by atoms with Crippen molar-refractivity contribution in [2.45, 2.75) is 18.7 Å². The van der Waals surface area contributed by atoms with E-state index < -0.39 is 10.0 Å². The summed E-state index contributed by atoms with van der Waals surface area (Å²) in [5.74, 6) is -0.379. The first-order chi connectivity index (χ1) is 14.4. The molecule has 1 fully saturated rings. The number of carbonyl (C=O) groups is 1. The molecule has 162 valence electrons. The van der Waals surface area contributed by atoms with Crippen LogP contribution in [0.3, 0.4) is 0 Å². The summed E-state index contributed by atoms with van der Waals surface area (Å²) in [5, 5.41) is 3.40. The van der Waals surface area contributed by atoms with Gasteiger partial charge in [0, 0.05) is 42.6 Å². The fourth-order valence-corrected chi connectivity index (χ4v) is 4.99. The maximum Gasteiger partial charge on any atom is 0.257 e. The molecule has 30 heavy (non-hydrogen) atoms. The second kappa shape index (κ2) is 9.78. The standard InChI is InChI=1S/C21H26ClN3O4S/c1-3-25(4-2)30(27,28)18-9-10-20(24-11-13-29-14-12-24)19(15-18)21(26)23-17-7-5-16(22)6-8-17/h5-10,15H,3-4,11-14H2,1-2H3,(H,23,26). The van der Waals surface area contributed by atoms with Crippen molar-refractivity contribution in [2.24, 2.45) is 0 Å². The average molecular weight is 452 g/mol. The maximum absolute atomic E-state index is 13.1. The Morgan fingerprint density at radius 1 is 1.10 bits per heavy atom. The highest BCUT2D eigenvalue weighted by molar-refractivity contribution is 7.89. The Bertz CT molecular complexity index is 986. The van der Waals surface area contributed by atoms with Gasteiger partial charge in [0.1, 0.15) is 0 Å². The lowest BCUT2D eigenvalue weighted by Crippen LogP contribution is -2.37. The molecule has 0 saturated carbocycles. The largest absolute Gasteiger partial charge is 0.378 e. The minimum Gasteiger partial charge on any atom is -0.378 e. The molecule has 1 N–H and O–H groups in total. The van der Waals surface area contributed by atoms with Crippen LogP contribution in [-0.4, -0.2) is 58.0 Å². The Morgan fingerprint density at radius 3 is 2.33 bits per heavy atom. The minimum atomic E-state index is -3.69. The van der Waals surface area contributed by atoms with Gasteiger partial charge in [-0.15, -0.1) is 0 Å². The van der Waals surface area contributed by atoms with Crippen molar-refractivity contribution in [3.05, 3.63) is 53.1 Å². The number of rotatable bonds is 7. The topological polar surface area (TPSA) is 79.0 Å². The normalized spacial score (nSPS) is 14.7. The summed E-state index contributed by atoms with van der Waals surface area (Å²) >= 11 is 5.92. The van der Waals surface area contributed by atoms with Crippen LogP contribution in [0.25, 0.3) is 0 Å². The van der Waals surface area contributed by atoms with Crippen molar-refractivity contribution in [3.63, 3.8) is 0 Å². The van der Waals surface area contributed by atoms with Gasteiger partial charge >= 0.3 is 0 Å². The number of hydrogen-bond donors (Lipinski definition) is 1. The predicted octanol–water partition coefficient (Wildman–Crippen LogP) is 3.46. The van der Waals surface area contributed by atoms with E-state index in [4.69, 9.17) is 16.3 Å². The van der Waals surface area contributed by atoms with Crippen molar-refractivity contribution in [1.82, 2.24) is 4.31 Å². The highest BCUT2D eigenvalue weighted by Crippen LogP contribution is 2.28. The molecule has 0 aliphatic carbocycles. The van der Waals surface area contributed by atoms with Crippen LogP contribution in [-0.2, 0) is 14.8 Å². The van der Waals surface area contributed by atoms with Gasteiger partial charge in [-0.25, -0.2) is 8.42 Å². The van der Waals surface area contributed by atoms with Crippen LogP contribution in [0.4, 0.5) is 11.4 Å². The van der Waals surface area contributed by atoms with Crippen LogP contribution in [0.15, 0.2) is 47.4 Å². The van der Waals surface area contributed by atoms with Gasteiger partial charge in [-0.3, -0.25) is 4.79 Å². The molecule has 2 aromatic carbocycles. The monoisotopic (exact) mass is 451 g/mol. The molecule has 0 spiro atoms. The van der Waals surface area contributed by atoms with Crippen LogP contribution >= 0.6 is 11.6 Å². The first-order valence-corrected chi connectivity index (χ1v) is 11.7. The Kier molecular flexibility index (Phi) is 7.36. The van der Waals surface area contributed by atoms with Crippen LogP contribution in [0.2, 0.25) is 5.02 Å². The number of nitrogens with zero attached hydrogens (tertiary/aromatic N) is 2. The van der Waals surface area contributed by atoms with E-state index in [0.717, 1.165) is 0 Å². The minimum absolute atomic E-state index is 0.101. The molecule has 0 bridgehead atoms. The van der Waals surface area contributed by atoms with Gasteiger partial charge < -0.3 is 15.0 Å². The van der Waals surface area contributed by atoms with Crippen molar-refractivity contribution >= 4 is 38.9 Å². The molecule has 1 aliphatic heterocycles. The third-order valence-corrected chi connectivity index (χ3v) is 7.31. The number of sulfonamides is 1. The molecule has 1 amide bonds. The van der Waals surface area contributed by atoms with Crippen LogP contribution < -0.4 is 10.2 Å². The van der Waals surface area contributed by atoms with E-state index in [1.54, 1.807) is 50.2 Å². The number of ether oxygens (including phenoxy) is 1. The molecule has 9 heteroatoms. The molecule has 1 aliphatic rings. The smallest absolute Gasteiger partial charge is 0.257 e. The Morgan fingerprint density at radius 2 is 1.73 bits per heavy atom. The number of halogens is 1. The summed E-state index contributed by atoms with van der Waals surface area (Å²) in [5.41, 5.74) is 1.57. The van der Waals surface area contributed by atoms with E-state index in [1.165, 1.54) is 10.4 Å². The average Bonchev–Trinajstić information content (AvgIpc) is 2.76. The number of carbonyl (C=O) groups excluding carboxylic acids is 1. The lowest BCUT2D eigenvalue weighted by atomic mass is 10.1. The quantitative estimate of drug-likeness (QED) is 0.697. The zero-order valence-electron chi connectivity index (χ0n) is 17.1. The molecule has 2 aromatic rings. The van der Waals surface area contributed by atoms with Gasteiger partial charge in [-0.05, 0) is 42.5 Å². The number of benzene rings is 2. The van der Waals surface area contributed by atoms with Crippen LogP contribution in [0.5, 0.6) is 0 Å². The van der Waals surface area contributed by atoms with Crippen molar-refractivity contribution < 1.29 is 17.9 Å². The lowest BCUT2D eigenvalue weighted by Gasteiger charge is -2.30. The molecule has 0 aromatic heterocycles. The second-order valence-corrected chi connectivity index (χ2v) is 9.20. The fourth-order valence-electron chi connectivity index (χ4n) is 3.38. The first-order valence-electron chi connectivity index (χ1n) is 9.90. The molecular formula is C21H26ClN3O4S. The van der Waals surface area contributed by atoms with Crippen molar-refractivity contribution in [2.75, 3.05) is 49.6 Å². The second-order valence-electron chi connectivity index (χ2n) is 6.83. The molecule has 0 atom stereocenters. The van der Waals surface area contributed by atoms with E-state index in [9.17, 15) is 13.2 Å². The van der Waals surface area contributed by atoms with E-state index in [0.29, 0.717) is 61.4 Å². The lowest BCUT2D eigenvalue weighted by molar-refractivity contribution is 0.102. The number of morpholine rings is 1. The summed E-state index contributed by atoms with van der Waals surface area (Å²) in [6, 6.07) is 11.5. The zero-order chi connectivity index (χ0) is 21.7. The number of anilines is 2. The summed E-state index contributed by atoms with van der Waals surface area (Å²) in [7, 11) is -3.69. The Labute approximate surface area is 182 Å². The van der Waals surface area contributed by atoms with Gasteiger partial charge in [0.25, 0.3) is 5.91 Å². The molecular weight excluding hydrogens is 426 g/mol. The number of hydrogen-bond acceptors (Lipinski definition) is 5. The van der Waals surface area contributed by atoms with E-state index in [2.05, 4.69) is 5.32 Å². The SMILES string of the molecule is CCN(CC)S(=O)(=O)c1ccc(N2CCOCC2)c(C(=O)Nc2ccc(Cl)cc2)c1. The molecule has 0 unspecified atom stereocenters. The molecule has 3 rings (SSSR count). The molecule has 1 saturated heterocycles. The highest BCUT2D eigenvalue weighted by Gasteiger charge is 2.26. The third-order valence-electron chi connectivity index (χ3n) is 5.01. The van der Waals surface area contributed by atoms with E-state index in [-0.39, 0.29) is 10.8 Å². The van der Waals surface area contributed by atoms with Crippen molar-refractivity contribution in [3.8, 4) is 0 Å². The van der Waals surface area contributed by atoms with E-state index in [1.807, 2.05) is 4.90 Å². The Hall–Kier alpha value is -2.13. The van der Waals surface area contributed by atoms with Gasteiger partial charge in [-0.2, -0.15) is 4.31 Å². The molecule has 7 nitrogen and oxygen atoms in total. The summed E-state index contributed by atoms with van der Waals surface area (Å²) in [4.78, 5) is 15.3. The van der Waals surface area contributed by atoms with Gasteiger partial charge in [0.15, 0.2) is 0 Å². The maximum atomic E-state index is 13.1. The molecule has 1 heterocycles. The summed E-state index contributed by atoms with van der Waals surface area (Å²) < 4.78 is 32.8. The summed E-state index contributed by atoms with van der Waals surface area (Å²) in [6.45, 7) is 6.66. The molecule has 0 radical (unpaired) electrons. The van der Waals surface area contributed by atoms with Gasteiger partial charge in [0.05, 0.1) is 23.7 Å². The first kappa shape index (κ1) is 22.6. The third kappa shape index (κ3) is 4.95. The van der Waals surface area contributed by atoms with Gasteiger partial charge in [-0.1, -0.05) is 25.4 Å². The van der Waals surface area contributed by atoms with Crippen molar-refractivity contribution in [1.29, 1.82) is 0 Å². The summed E-state index contributed by atoms with van der Waals surface area (Å²) in [6.07, 6.45) is 0. The Balaban J connectivity index is 2.01. The van der Waals surface area contributed by atoms with Crippen LogP contribution in [0, 0.1) is 0 Å². The zero-order valence-corrected chi connectivity index (χ0v) is 18.7. The number of amides is 1. The van der Waals surface area contributed by atoms with Gasteiger partial charge in [0.2, 0.25) is 10.0 Å².